The number of fused-ring (bicyclic) bond motifs is 2. The van der Waals surface area contributed by atoms with E-state index in [1.807, 2.05) is 6.07 Å². The Balaban J connectivity index is 0.00000169. The van der Waals surface area contributed by atoms with Gasteiger partial charge in [0.1, 0.15) is 24.6 Å². The lowest BCUT2D eigenvalue weighted by Crippen LogP contribution is -2.49. The van der Waals surface area contributed by atoms with E-state index in [0.717, 1.165) is 0 Å². The molecule has 2 aromatic rings. The molecule has 1 aromatic carbocycles. The molecule has 42 heavy (non-hydrogen) atoms. The Morgan fingerprint density at radius 3 is 2.71 bits per heavy atom. The third kappa shape index (κ3) is 7.60. The number of rotatable bonds is 11. The second kappa shape index (κ2) is 15.1. The van der Waals surface area contributed by atoms with Gasteiger partial charge in [0.2, 0.25) is 7.98 Å². The number of nitrogens with zero attached hydrogens (tertiary/aromatic N) is 4. The molecule has 2 aliphatic heterocycles. The van der Waals surface area contributed by atoms with E-state index in [9.17, 15) is 9.59 Å². The number of aromatic nitrogens is 2. The van der Waals surface area contributed by atoms with Crippen LogP contribution in [0.1, 0.15) is 64.5 Å². The van der Waals surface area contributed by atoms with Gasteiger partial charge < -0.3 is 33.8 Å². The third-order valence-electron chi connectivity index (χ3n) is 6.82. The lowest BCUT2D eigenvalue weighted by atomic mass is 9.92. The van der Waals surface area contributed by atoms with Crippen molar-refractivity contribution in [3.63, 3.8) is 0 Å². The highest BCUT2D eigenvalue weighted by Gasteiger charge is 2.59. The van der Waals surface area contributed by atoms with Crippen molar-refractivity contribution in [3.8, 4) is 0 Å². The molecule has 13 heteroatoms. The minimum Gasteiger partial charge on any atom is -0.400 e. The molecule has 5 atom stereocenters. The van der Waals surface area contributed by atoms with Crippen LogP contribution in [-0.2, 0) is 18.5 Å². The van der Waals surface area contributed by atoms with Crippen LogP contribution in [0.5, 0.6) is 0 Å². The number of hydrogen-bond acceptors (Lipinski definition) is 9. The first-order valence-electron chi connectivity index (χ1n) is 14.9. The maximum atomic E-state index is 13.3. The van der Waals surface area contributed by atoms with E-state index in [1.54, 1.807) is 37.4 Å². The van der Waals surface area contributed by atoms with Crippen LogP contribution in [-0.4, -0.2) is 83.4 Å². The first-order chi connectivity index (χ1) is 21.0. The third-order valence-corrected chi connectivity index (χ3v) is 8.93. The summed E-state index contributed by atoms with van der Waals surface area (Å²) in [4.78, 5) is 33.5. The number of benzene rings is 1. The number of aliphatic hydroxyl groups excluding tert-OH is 1. The monoisotopic (exact) mass is 606 g/mol. The minimum atomic E-state index is -1.63. The molecule has 0 saturated carbocycles. The van der Waals surface area contributed by atoms with Crippen LogP contribution in [0.3, 0.4) is 0 Å². The van der Waals surface area contributed by atoms with Crippen LogP contribution in [0, 0.1) is 13.5 Å². The molecule has 1 aromatic heterocycles. The lowest BCUT2D eigenvalue weighted by molar-refractivity contribution is -0.103. The summed E-state index contributed by atoms with van der Waals surface area (Å²) >= 11 is 0. The normalized spacial score (nSPS) is 24.4. The maximum Gasteiger partial charge on any atom is 0.351 e. The predicted molar refractivity (Wildman–Crippen MR) is 160 cm³/mol. The molecule has 2 fully saturated rings. The van der Waals surface area contributed by atoms with Crippen molar-refractivity contribution >= 4 is 20.3 Å². The van der Waals surface area contributed by atoms with Gasteiger partial charge in [0.05, 0.1) is 12.2 Å². The highest BCUT2D eigenvalue weighted by Crippen LogP contribution is 2.54. The zero-order valence-electron chi connectivity index (χ0n) is 27.0. The number of aryl methyl sites for hydroxylation is 1. The predicted octanol–water partition coefficient (Wildman–Crippen LogP) is 4.16. The Kier molecular flexibility index (Phi) is 11.1. The van der Waals surface area contributed by atoms with Crippen LogP contribution in [0.2, 0.25) is 0 Å². The Labute approximate surface area is 251 Å². The smallest absolute Gasteiger partial charge is 0.351 e. The number of carbonyl (C=O) groups is 1. The first-order valence-corrected chi connectivity index (χ1v) is 14.9. The SMILES string of the molecule is [2H]C[C@@]12CCOC([C@H](n3cc(C)c(NC(=O)c4ccccc4)nc3=O)O1)[C@H]2OP(OCC[N+]#[C-])N(C(C)C)C(C)C.[3H]OC. The van der Waals surface area contributed by atoms with Crippen LogP contribution < -0.4 is 11.0 Å². The Hall–Kier alpha value is -2.75. The van der Waals surface area contributed by atoms with Crippen molar-refractivity contribution in [1.82, 2.24) is 14.2 Å². The van der Waals surface area contributed by atoms with Crippen molar-refractivity contribution in [2.24, 2.45) is 0 Å². The van der Waals surface area contributed by atoms with Crippen molar-refractivity contribution in [3.05, 3.63) is 69.6 Å². The van der Waals surface area contributed by atoms with Gasteiger partial charge in [-0.1, -0.05) is 18.2 Å². The topological polar surface area (TPSA) is 129 Å². The van der Waals surface area contributed by atoms with Gasteiger partial charge in [0.25, 0.3) is 14.4 Å². The molecule has 230 valence electrons. The lowest BCUT2D eigenvalue weighted by Gasteiger charge is -2.41. The number of nitrogens with one attached hydrogen (secondary N) is 1. The molecule has 2 saturated heterocycles. The zero-order valence-corrected chi connectivity index (χ0v) is 25.9. The highest BCUT2D eigenvalue weighted by atomic mass is 31.2. The van der Waals surface area contributed by atoms with Crippen LogP contribution in [0.4, 0.5) is 5.82 Å². The Morgan fingerprint density at radius 2 is 2.10 bits per heavy atom. The van der Waals surface area contributed by atoms with Crippen LogP contribution in [0.25, 0.3) is 4.85 Å². The fourth-order valence-electron chi connectivity index (χ4n) is 4.96. The fourth-order valence-corrected chi connectivity index (χ4v) is 6.77. The molecule has 2 N–H and O–H groups in total. The number of amides is 1. The van der Waals surface area contributed by atoms with Gasteiger partial charge in [-0.25, -0.2) is 16.0 Å². The summed E-state index contributed by atoms with van der Waals surface area (Å²) in [6.45, 7) is 17.7. The second-order valence-electron chi connectivity index (χ2n) is 10.5. The molecular formula is C29H42N5O7P. The van der Waals surface area contributed by atoms with Crippen molar-refractivity contribution in [2.45, 2.75) is 84.1 Å². The first kappa shape index (κ1) is 30.7. The number of aliphatic hydroxyl groups is 1. The molecule has 0 spiro atoms. The van der Waals surface area contributed by atoms with Crippen LogP contribution in [0.15, 0.2) is 41.3 Å². The molecule has 2 bridgehead atoms. The van der Waals surface area contributed by atoms with Gasteiger partial charge >= 0.3 is 5.69 Å². The van der Waals surface area contributed by atoms with Gasteiger partial charge in [0.15, 0.2) is 6.23 Å². The van der Waals surface area contributed by atoms with E-state index < -0.39 is 38.3 Å². The second-order valence-corrected chi connectivity index (χ2v) is 11.9. The Morgan fingerprint density at radius 1 is 1.40 bits per heavy atom. The molecule has 3 heterocycles. The molecule has 2 aliphatic rings. The maximum absolute atomic E-state index is 13.3. The highest BCUT2D eigenvalue weighted by molar-refractivity contribution is 7.44. The molecule has 0 aliphatic carbocycles. The molecule has 12 nitrogen and oxygen atoms in total. The van der Waals surface area contributed by atoms with E-state index in [-0.39, 0.29) is 43.9 Å². The van der Waals surface area contributed by atoms with E-state index in [2.05, 4.69) is 52.6 Å². The summed E-state index contributed by atoms with van der Waals surface area (Å²) in [6, 6.07) is 8.86. The largest absolute Gasteiger partial charge is 0.400 e. The molecule has 4 rings (SSSR count). The zero-order chi connectivity index (χ0) is 32.4. The Bertz CT molecular complexity index is 1320. The van der Waals surface area contributed by atoms with E-state index in [1.165, 1.54) is 11.7 Å². The molecule has 0 radical (unpaired) electrons. The van der Waals surface area contributed by atoms with Gasteiger partial charge in [-0.3, -0.25) is 9.36 Å². The minimum absolute atomic E-state index is 0.0907. The summed E-state index contributed by atoms with van der Waals surface area (Å²) in [7, 11) is -0.340. The summed E-state index contributed by atoms with van der Waals surface area (Å²) in [5.74, 6) is -0.214. The summed E-state index contributed by atoms with van der Waals surface area (Å²) in [6.07, 6.45) is -0.286. The van der Waals surface area contributed by atoms with Gasteiger partial charge in [-0.15, -0.1) is 0 Å². The van der Waals surface area contributed by atoms with Crippen molar-refractivity contribution < 1.29 is 29.8 Å². The quantitative estimate of drug-likeness (QED) is 0.220. The van der Waals surface area contributed by atoms with Gasteiger partial charge in [-0.05, 0) is 53.7 Å². The summed E-state index contributed by atoms with van der Waals surface area (Å²) in [5, 5.41) is 6.21. The molecule has 1 amide bonds. The average Bonchev–Trinajstić information content (AvgIpc) is 3.14. The van der Waals surface area contributed by atoms with E-state index in [0.29, 0.717) is 24.2 Å². The van der Waals surface area contributed by atoms with Crippen molar-refractivity contribution in [2.75, 3.05) is 32.2 Å². The fraction of sp³-hybridized carbons (Fsp3) is 0.586. The van der Waals surface area contributed by atoms with E-state index in [4.69, 9.17) is 27.9 Å². The number of anilines is 1. The summed E-state index contributed by atoms with van der Waals surface area (Å²) in [5.41, 5.74) is -0.638. The van der Waals surface area contributed by atoms with Crippen LogP contribution >= 0.6 is 8.53 Å². The van der Waals surface area contributed by atoms with E-state index >= 15 is 0 Å². The number of hydrogen-bond donors (Lipinski definition) is 2. The van der Waals surface area contributed by atoms with Gasteiger partial charge in [-0.2, -0.15) is 4.98 Å². The number of carbonyl (C=O) groups excluding carboxylic acids is 1. The standard InChI is InChI=1S/C28H38N5O6P.CH4O/c1-18(2)33(19(3)4)40(37-16-14-29-7)39-23-22-26(38-28(23,6)13-15-36-22)32-17-20(5)24(31-27(32)35)30-25(34)21-11-9-8-10-12-21;1-2/h8-12,17-19,22-23,26H,13-16H2,1-6H3,(H,30,31,34,35);2H,1H3/t22?,23-,26-,28+,40?;/m1./s1/i6D;2T. The number of ether oxygens (including phenoxy) is 2. The average molecular weight is 607 g/mol. The molecule has 2 unspecified atom stereocenters. The summed E-state index contributed by atoms with van der Waals surface area (Å²) < 4.78 is 43.0. The van der Waals surface area contributed by atoms with Gasteiger partial charge in [0, 0.05) is 44.3 Å². The molecular weight excluding hydrogens is 561 g/mol. The van der Waals surface area contributed by atoms with Crippen molar-refractivity contribution in [1.29, 1.82) is 1.43 Å².